The highest BCUT2D eigenvalue weighted by atomic mass is 16.5. The van der Waals surface area contributed by atoms with Crippen LogP contribution in [0.4, 0.5) is 4.79 Å². The summed E-state index contributed by atoms with van der Waals surface area (Å²) in [5.41, 5.74) is 0.568. The maximum atomic E-state index is 12.5. The molecule has 10 nitrogen and oxygen atoms in total. The van der Waals surface area contributed by atoms with Crippen molar-refractivity contribution in [1.82, 2.24) is 15.5 Å². The number of amides is 5. The van der Waals surface area contributed by atoms with Gasteiger partial charge in [0, 0.05) is 39.1 Å². The van der Waals surface area contributed by atoms with Gasteiger partial charge in [0.25, 0.3) is 11.8 Å². The minimum Gasteiger partial charge on any atom is -0.480 e. The molecule has 1 unspecified atom stereocenters. The van der Waals surface area contributed by atoms with Gasteiger partial charge in [-0.15, -0.1) is 0 Å². The first-order valence-corrected chi connectivity index (χ1v) is 12.6. The number of hydrogen-bond donors (Lipinski definition) is 2. The van der Waals surface area contributed by atoms with Crippen LogP contribution in [0.1, 0.15) is 57.8 Å². The summed E-state index contributed by atoms with van der Waals surface area (Å²) in [5, 5.41) is 4.06. The standard InChI is InChI=1S/C25H31N3O7.C3H8/c1-5-28(4)24(31)18-7-9-19(10-8-18)34-20-11-13-21(14-12-20)35-22(15-16-33-6-2)23(30)27-25(32)26-17(3)29;1-3-2/h7-14,22H,5-6,15-16H2,1-4H3,(H2,26,27,29,30,32);3H2,1-2H3. The van der Waals surface area contributed by atoms with Crippen molar-refractivity contribution in [3.8, 4) is 17.2 Å². The van der Waals surface area contributed by atoms with Crippen LogP contribution in [0.25, 0.3) is 0 Å². The normalized spacial score (nSPS) is 10.8. The molecule has 2 N–H and O–H groups in total. The number of nitrogens with zero attached hydrogens (tertiary/aromatic N) is 1. The number of rotatable bonds is 11. The SMILES string of the molecule is CCC.CCOCCC(Oc1ccc(Oc2ccc(C(=O)N(C)CC)cc2)cc1)C(=O)NC(=O)NC(C)=O. The molecule has 0 aliphatic carbocycles. The van der Waals surface area contributed by atoms with Crippen molar-refractivity contribution in [3.63, 3.8) is 0 Å². The second-order valence-electron chi connectivity index (χ2n) is 8.22. The van der Waals surface area contributed by atoms with Crippen LogP contribution in [0.15, 0.2) is 48.5 Å². The molecule has 2 rings (SSSR count). The predicted octanol–water partition coefficient (Wildman–Crippen LogP) is 4.53. The Hall–Kier alpha value is -3.92. The lowest BCUT2D eigenvalue weighted by molar-refractivity contribution is -0.127. The summed E-state index contributed by atoms with van der Waals surface area (Å²) in [5.74, 6) is 0.101. The Kier molecular flexibility index (Phi) is 14.8. The van der Waals surface area contributed by atoms with Gasteiger partial charge in [0.05, 0.1) is 6.61 Å². The molecule has 0 radical (unpaired) electrons. The average molecular weight is 530 g/mol. The number of benzene rings is 2. The Bertz CT molecular complexity index is 1020. The lowest BCUT2D eigenvalue weighted by Gasteiger charge is -2.18. The van der Waals surface area contributed by atoms with Gasteiger partial charge in [0.15, 0.2) is 6.10 Å². The van der Waals surface area contributed by atoms with Crippen molar-refractivity contribution in [2.45, 2.75) is 53.6 Å². The lowest BCUT2D eigenvalue weighted by Crippen LogP contribution is -2.47. The van der Waals surface area contributed by atoms with E-state index >= 15 is 0 Å². The zero-order valence-electron chi connectivity index (χ0n) is 23.0. The number of hydrogen-bond acceptors (Lipinski definition) is 7. The average Bonchev–Trinajstić information content (AvgIpc) is 2.88. The Labute approximate surface area is 224 Å². The van der Waals surface area contributed by atoms with Crippen molar-refractivity contribution in [2.24, 2.45) is 0 Å². The molecule has 0 aromatic heterocycles. The van der Waals surface area contributed by atoms with Gasteiger partial charge in [-0.05, 0) is 62.4 Å². The number of carbonyl (C=O) groups is 4. The Balaban J connectivity index is 0.00000229. The summed E-state index contributed by atoms with van der Waals surface area (Å²) in [4.78, 5) is 49.0. The minimum atomic E-state index is -1.02. The molecular weight excluding hydrogens is 490 g/mol. The summed E-state index contributed by atoms with van der Waals surface area (Å²) < 4.78 is 16.9. The monoisotopic (exact) mass is 529 g/mol. The Morgan fingerprint density at radius 1 is 0.842 bits per heavy atom. The highest BCUT2D eigenvalue weighted by Crippen LogP contribution is 2.25. The molecule has 0 spiro atoms. The second kappa shape index (κ2) is 17.5. The molecule has 0 aliphatic rings. The van der Waals surface area contributed by atoms with Crippen LogP contribution in [0.3, 0.4) is 0 Å². The Morgan fingerprint density at radius 2 is 1.37 bits per heavy atom. The van der Waals surface area contributed by atoms with E-state index in [1.54, 1.807) is 60.5 Å². The first-order valence-electron chi connectivity index (χ1n) is 12.6. The van der Waals surface area contributed by atoms with E-state index < -0.39 is 23.9 Å². The molecule has 0 saturated carbocycles. The third-order valence-corrected chi connectivity index (χ3v) is 4.81. The Morgan fingerprint density at radius 3 is 1.87 bits per heavy atom. The summed E-state index contributed by atoms with van der Waals surface area (Å²) in [7, 11) is 1.74. The molecule has 0 fully saturated rings. The van der Waals surface area contributed by atoms with E-state index in [-0.39, 0.29) is 18.9 Å². The number of imide groups is 2. The first-order chi connectivity index (χ1) is 18.1. The van der Waals surface area contributed by atoms with Crippen LogP contribution in [0.2, 0.25) is 0 Å². The zero-order chi connectivity index (χ0) is 28.5. The fourth-order valence-corrected chi connectivity index (χ4v) is 2.88. The molecule has 38 heavy (non-hydrogen) atoms. The van der Waals surface area contributed by atoms with Gasteiger partial charge in [-0.3, -0.25) is 25.0 Å². The van der Waals surface area contributed by atoms with Gasteiger partial charge in [0.1, 0.15) is 17.2 Å². The zero-order valence-corrected chi connectivity index (χ0v) is 23.0. The molecule has 0 heterocycles. The van der Waals surface area contributed by atoms with Crippen molar-refractivity contribution in [3.05, 3.63) is 54.1 Å². The molecular formula is C28H39N3O7. The van der Waals surface area contributed by atoms with Crippen LogP contribution >= 0.6 is 0 Å². The van der Waals surface area contributed by atoms with Crippen molar-refractivity contribution in [2.75, 3.05) is 26.8 Å². The van der Waals surface area contributed by atoms with E-state index in [2.05, 4.69) is 19.2 Å². The van der Waals surface area contributed by atoms with Crippen LogP contribution in [0.5, 0.6) is 17.2 Å². The fourth-order valence-electron chi connectivity index (χ4n) is 2.88. The first kappa shape index (κ1) is 32.1. The number of ether oxygens (including phenoxy) is 3. The van der Waals surface area contributed by atoms with Crippen LogP contribution in [-0.4, -0.2) is 61.6 Å². The highest BCUT2D eigenvalue weighted by Gasteiger charge is 2.23. The third-order valence-electron chi connectivity index (χ3n) is 4.81. The van der Waals surface area contributed by atoms with Crippen molar-refractivity contribution < 1.29 is 33.4 Å². The molecule has 0 saturated heterocycles. The summed E-state index contributed by atoms with van der Waals surface area (Å²) in [6, 6.07) is 12.5. The quantitative estimate of drug-likeness (QED) is 0.410. The van der Waals surface area contributed by atoms with Gasteiger partial charge in [-0.25, -0.2) is 4.79 Å². The summed E-state index contributed by atoms with van der Waals surface area (Å²) in [6.07, 6.45) is 0.432. The van der Waals surface area contributed by atoms with E-state index in [1.807, 2.05) is 19.2 Å². The van der Waals surface area contributed by atoms with E-state index in [4.69, 9.17) is 14.2 Å². The maximum absolute atomic E-state index is 12.5. The van der Waals surface area contributed by atoms with Gasteiger partial charge in [0.2, 0.25) is 5.91 Å². The van der Waals surface area contributed by atoms with Gasteiger partial charge < -0.3 is 19.1 Å². The molecule has 10 heteroatoms. The number of carbonyl (C=O) groups excluding carboxylic acids is 4. The smallest absolute Gasteiger partial charge is 0.328 e. The van der Waals surface area contributed by atoms with Crippen molar-refractivity contribution >= 4 is 23.8 Å². The topological polar surface area (TPSA) is 123 Å². The van der Waals surface area contributed by atoms with Crippen molar-refractivity contribution in [1.29, 1.82) is 0 Å². The molecule has 0 aliphatic heterocycles. The predicted molar refractivity (Wildman–Crippen MR) is 144 cm³/mol. The number of nitrogens with one attached hydrogen (secondary N) is 2. The van der Waals surface area contributed by atoms with E-state index in [9.17, 15) is 19.2 Å². The summed E-state index contributed by atoms with van der Waals surface area (Å²) >= 11 is 0. The molecule has 208 valence electrons. The molecule has 2 aromatic carbocycles. The van der Waals surface area contributed by atoms with E-state index in [1.165, 1.54) is 6.42 Å². The minimum absolute atomic E-state index is 0.0674. The lowest BCUT2D eigenvalue weighted by atomic mass is 10.2. The largest absolute Gasteiger partial charge is 0.480 e. The van der Waals surface area contributed by atoms with Gasteiger partial charge >= 0.3 is 6.03 Å². The van der Waals surface area contributed by atoms with Crippen LogP contribution in [-0.2, 0) is 14.3 Å². The third kappa shape index (κ3) is 11.9. The van der Waals surface area contributed by atoms with Crippen LogP contribution in [0, 0.1) is 0 Å². The highest BCUT2D eigenvalue weighted by molar-refractivity contribution is 6.02. The van der Waals surface area contributed by atoms with E-state index in [0.717, 1.165) is 6.92 Å². The second-order valence-corrected chi connectivity index (χ2v) is 8.22. The number of urea groups is 1. The molecule has 5 amide bonds. The summed E-state index contributed by atoms with van der Waals surface area (Å²) in [6.45, 7) is 10.5. The maximum Gasteiger partial charge on any atom is 0.328 e. The molecule has 1 atom stereocenters. The van der Waals surface area contributed by atoms with Gasteiger partial charge in [-0.2, -0.15) is 0 Å². The van der Waals surface area contributed by atoms with Crippen LogP contribution < -0.4 is 20.1 Å². The molecule has 0 bridgehead atoms. The molecule has 2 aromatic rings. The van der Waals surface area contributed by atoms with Gasteiger partial charge in [-0.1, -0.05) is 20.3 Å². The van der Waals surface area contributed by atoms with E-state index in [0.29, 0.717) is 36.0 Å². The fraction of sp³-hybridized carbons (Fsp3) is 0.429.